The van der Waals surface area contributed by atoms with Crippen LogP contribution in [0.25, 0.3) is 6.08 Å². The second-order valence-electron chi connectivity index (χ2n) is 9.50. The molecule has 2 aliphatic rings. The summed E-state index contributed by atoms with van der Waals surface area (Å²) in [6.07, 6.45) is 4.08. The first kappa shape index (κ1) is 24.9. The maximum absolute atomic E-state index is 12.8. The van der Waals surface area contributed by atoms with Crippen molar-refractivity contribution >= 4 is 23.7 Å². The van der Waals surface area contributed by atoms with Gasteiger partial charge in [-0.2, -0.15) is 0 Å². The van der Waals surface area contributed by atoms with Crippen molar-refractivity contribution in [2.75, 3.05) is 19.8 Å². The van der Waals surface area contributed by atoms with Gasteiger partial charge < -0.3 is 30.3 Å². The van der Waals surface area contributed by atoms with E-state index in [-0.39, 0.29) is 12.5 Å². The number of rotatable bonds is 10. The SMILES string of the molecule is CC(C)C[C@H](NC(=O)[C@H](CO)NC(=O)c1ccc2c(c1)C=CC(C)(C)O2)C(=O)[C@@]1(CO)CO1. The van der Waals surface area contributed by atoms with Crippen molar-refractivity contribution in [3.8, 4) is 5.75 Å². The van der Waals surface area contributed by atoms with Gasteiger partial charge in [0, 0.05) is 11.1 Å². The number of ether oxygens (including phenoxy) is 2. The van der Waals surface area contributed by atoms with E-state index >= 15 is 0 Å². The molecule has 9 heteroatoms. The molecule has 4 N–H and O–H groups in total. The van der Waals surface area contributed by atoms with Crippen molar-refractivity contribution < 1.29 is 34.1 Å². The molecule has 0 saturated carbocycles. The average molecular weight is 461 g/mol. The fourth-order valence-electron chi connectivity index (χ4n) is 3.65. The molecule has 0 bridgehead atoms. The number of Topliss-reactive ketones (excluding diaryl/α,β-unsaturated/α-hetero) is 1. The number of aliphatic hydroxyl groups is 2. The highest BCUT2D eigenvalue weighted by atomic mass is 16.6. The van der Waals surface area contributed by atoms with E-state index < -0.39 is 54.1 Å². The Kier molecular flexibility index (Phi) is 7.26. The number of ketones is 1. The topological polar surface area (TPSA) is 137 Å². The molecule has 1 aromatic carbocycles. The number of nitrogens with one attached hydrogen (secondary N) is 2. The molecule has 0 unspecified atom stereocenters. The fraction of sp³-hybridized carbons (Fsp3) is 0.542. The van der Waals surface area contributed by atoms with Crippen molar-refractivity contribution in [1.82, 2.24) is 10.6 Å². The summed E-state index contributed by atoms with van der Waals surface area (Å²) in [7, 11) is 0. The summed E-state index contributed by atoms with van der Waals surface area (Å²) in [5, 5.41) is 24.3. The Morgan fingerprint density at radius 1 is 1.12 bits per heavy atom. The van der Waals surface area contributed by atoms with Gasteiger partial charge in [-0.05, 0) is 50.5 Å². The van der Waals surface area contributed by atoms with Crippen LogP contribution in [-0.4, -0.2) is 70.9 Å². The van der Waals surface area contributed by atoms with E-state index in [0.29, 0.717) is 17.7 Å². The van der Waals surface area contributed by atoms with Crippen molar-refractivity contribution in [2.24, 2.45) is 5.92 Å². The number of benzene rings is 1. The van der Waals surface area contributed by atoms with Gasteiger partial charge in [0.2, 0.25) is 5.91 Å². The molecule has 2 amide bonds. The molecule has 2 aliphatic heterocycles. The number of hydrogen-bond acceptors (Lipinski definition) is 7. The number of fused-ring (bicyclic) bond motifs is 1. The van der Waals surface area contributed by atoms with Crippen LogP contribution in [0.2, 0.25) is 0 Å². The fourth-order valence-corrected chi connectivity index (χ4v) is 3.65. The molecule has 0 radical (unpaired) electrons. The van der Waals surface area contributed by atoms with Crippen LogP contribution in [-0.2, 0) is 14.3 Å². The Morgan fingerprint density at radius 3 is 2.39 bits per heavy atom. The molecule has 1 fully saturated rings. The molecule has 3 rings (SSSR count). The molecule has 1 saturated heterocycles. The van der Waals surface area contributed by atoms with E-state index in [1.54, 1.807) is 18.2 Å². The maximum Gasteiger partial charge on any atom is 0.252 e. The number of carbonyl (C=O) groups excluding carboxylic acids is 3. The van der Waals surface area contributed by atoms with Gasteiger partial charge in [0.1, 0.15) is 17.4 Å². The summed E-state index contributed by atoms with van der Waals surface area (Å²) in [6.45, 7) is 6.62. The Hall–Kier alpha value is -2.75. The molecule has 180 valence electrons. The van der Waals surface area contributed by atoms with Gasteiger partial charge in [0.05, 0.1) is 25.9 Å². The first-order valence-electron chi connectivity index (χ1n) is 11.0. The molecular formula is C24H32N2O7. The van der Waals surface area contributed by atoms with Gasteiger partial charge in [-0.15, -0.1) is 0 Å². The van der Waals surface area contributed by atoms with E-state index in [1.165, 1.54) is 0 Å². The number of aliphatic hydroxyl groups excluding tert-OH is 2. The second-order valence-corrected chi connectivity index (χ2v) is 9.50. The molecule has 0 spiro atoms. The lowest BCUT2D eigenvalue weighted by Crippen LogP contribution is -2.55. The van der Waals surface area contributed by atoms with Gasteiger partial charge in [0.15, 0.2) is 11.4 Å². The molecule has 3 atom stereocenters. The zero-order chi connectivity index (χ0) is 24.4. The summed E-state index contributed by atoms with van der Waals surface area (Å²) in [4.78, 5) is 38.4. The van der Waals surface area contributed by atoms with Crippen LogP contribution >= 0.6 is 0 Å². The quantitative estimate of drug-likeness (QED) is 0.379. The molecule has 33 heavy (non-hydrogen) atoms. The van der Waals surface area contributed by atoms with E-state index in [9.17, 15) is 24.6 Å². The van der Waals surface area contributed by atoms with Crippen LogP contribution in [0.4, 0.5) is 0 Å². The molecular weight excluding hydrogens is 428 g/mol. The summed E-state index contributed by atoms with van der Waals surface area (Å²) in [5.41, 5.74) is -0.694. The number of amides is 2. The van der Waals surface area contributed by atoms with Gasteiger partial charge in [-0.25, -0.2) is 0 Å². The van der Waals surface area contributed by atoms with E-state index in [0.717, 1.165) is 5.56 Å². The number of hydrogen-bond donors (Lipinski definition) is 4. The minimum absolute atomic E-state index is 0.0756. The third kappa shape index (κ3) is 5.79. The largest absolute Gasteiger partial charge is 0.483 e. The zero-order valence-corrected chi connectivity index (χ0v) is 19.4. The van der Waals surface area contributed by atoms with Crippen LogP contribution in [0.3, 0.4) is 0 Å². The highest BCUT2D eigenvalue weighted by Crippen LogP contribution is 2.32. The van der Waals surface area contributed by atoms with Crippen LogP contribution in [0.5, 0.6) is 5.75 Å². The third-order valence-electron chi connectivity index (χ3n) is 5.65. The first-order chi connectivity index (χ1) is 15.5. The first-order valence-corrected chi connectivity index (χ1v) is 11.0. The Balaban J connectivity index is 1.68. The lowest BCUT2D eigenvalue weighted by molar-refractivity contribution is -0.133. The standard InChI is InChI=1S/C24H32N2O7/c1-14(2)9-17(20(29)24(12-28)13-32-24)25-22(31)18(11-27)26-21(30)16-5-6-19-15(10-16)7-8-23(3,4)33-19/h5-8,10,14,17-18,27-28H,9,11-13H2,1-4H3,(H,25,31)(H,26,30)/t17-,18-,24+/m0/s1. The molecule has 9 nitrogen and oxygen atoms in total. The predicted molar refractivity (Wildman–Crippen MR) is 121 cm³/mol. The number of epoxide rings is 1. The van der Waals surface area contributed by atoms with E-state index in [1.807, 2.05) is 39.8 Å². The van der Waals surface area contributed by atoms with Crippen molar-refractivity contribution in [3.05, 3.63) is 35.4 Å². The van der Waals surface area contributed by atoms with E-state index in [4.69, 9.17) is 9.47 Å². The predicted octanol–water partition coefficient (Wildman–Crippen LogP) is 0.823. The van der Waals surface area contributed by atoms with Gasteiger partial charge >= 0.3 is 0 Å². The summed E-state index contributed by atoms with van der Waals surface area (Å²) in [6, 6.07) is 2.74. The smallest absolute Gasteiger partial charge is 0.252 e. The lowest BCUT2D eigenvalue weighted by Gasteiger charge is -2.28. The Morgan fingerprint density at radius 2 is 1.82 bits per heavy atom. The Labute approximate surface area is 193 Å². The highest BCUT2D eigenvalue weighted by Gasteiger charge is 2.54. The number of carbonyl (C=O) groups is 3. The van der Waals surface area contributed by atoms with Crippen LogP contribution in [0.1, 0.15) is 50.0 Å². The monoisotopic (exact) mass is 460 g/mol. The van der Waals surface area contributed by atoms with Gasteiger partial charge in [-0.3, -0.25) is 14.4 Å². The summed E-state index contributed by atoms with van der Waals surface area (Å²) < 4.78 is 11.0. The minimum atomic E-state index is -1.28. The van der Waals surface area contributed by atoms with Crippen LogP contribution < -0.4 is 15.4 Å². The van der Waals surface area contributed by atoms with Crippen molar-refractivity contribution in [2.45, 2.75) is 57.4 Å². The van der Waals surface area contributed by atoms with Gasteiger partial charge in [0.25, 0.3) is 5.91 Å². The third-order valence-corrected chi connectivity index (χ3v) is 5.65. The van der Waals surface area contributed by atoms with E-state index in [2.05, 4.69) is 10.6 Å². The molecule has 0 aliphatic carbocycles. The molecule has 2 heterocycles. The lowest BCUT2D eigenvalue weighted by atomic mass is 9.92. The Bertz CT molecular complexity index is 950. The van der Waals surface area contributed by atoms with Crippen LogP contribution in [0, 0.1) is 5.92 Å². The average Bonchev–Trinajstić information content (AvgIpc) is 3.56. The summed E-state index contributed by atoms with van der Waals surface area (Å²) >= 11 is 0. The van der Waals surface area contributed by atoms with Gasteiger partial charge in [-0.1, -0.05) is 19.9 Å². The van der Waals surface area contributed by atoms with Crippen molar-refractivity contribution in [3.63, 3.8) is 0 Å². The van der Waals surface area contributed by atoms with Crippen LogP contribution in [0.15, 0.2) is 24.3 Å². The summed E-state index contributed by atoms with van der Waals surface area (Å²) in [5.74, 6) is -0.937. The second kappa shape index (κ2) is 9.62. The maximum atomic E-state index is 12.8. The van der Waals surface area contributed by atoms with Crippen molar-refractivity contribution in [1.29, 1.82) is 0 Å². The minimum Gasteiger partial charge on any atom is -0.483 e. The normalized spacial score (nSPS) is 22.0. The molecule has 1 aromatic rings. The highest BCUT2D eigenvalue weighted by molar-refractivity contribution is 6.00. The molecule has 0 aromatic heterocycles. The zero-order valence-electron chi connectivity index (χ0n) is 19.4.